The van der Waals surface area contributed by atoms with Crippen LogP contribution in [0.15, 0.2) is 31.9 Å². The molecule has 0 radical (unpaired) electrons. The fourth-order valence-corrected chi connectivity index (χ4v) is 4.07. The summed E-state index contributed by atoms with van der Waals surface area (Å²) in [6, 6.07) is 2.75. The fraction of sp³-hybridized carbons (Fsp3) is 0.286. The number of carbonyl (C=O) groups excluding carboxylic acids is 1. The smallest absolute Gasteiger partial charge is 0.338 e. The minimum absolute atomic E-state index is 0.0129. The van der Waals surface area contributed by atoms with E-state index in [1.165, 1.54) is 12.1 Å². The van der Waals surface area contributed by atoms with Crippen LogP contribution in [-0.4, -0.2) is 22.8 Å². The highest BCUT2D eigenvalue weighted by Crippen LogP contribution is 2.58. The Hall–Kier alpha value is -1.78. The third kappa shape index (κ3) is 3.28. The lowest BCUT2D eigenvalue weighted by atomic mass is 10.3. The molecular weight excluding hydrogens is 310 g/mol. The highest BCUT2D eigenvalue weighted by Gasteiger charge is 2.29. The first-order valence-corrected chi connectivity index (χ1v) is 7.91. The third-order valence-corrected chi connectivity index (χ3v) is 5.31. The van der Waals surface area contributed by atoms with Crippen molar-refractivity contribution in [3.05, 3.63) is 33.5 Å². The molecule has 1 aliphatic rings. The number of carbonyl (C=O) groups is 1. The molecule has 1 heterocycles. The number of unbranched alkanes of at least 4 members (excludes halogenated alkanes) is 1. The number of hydrogen-bond donors (Lipinski definition) is 2. The van der Waals surface area contributed by atoms with Gasteiger partial charge in [-0.15, -0.1) is 0 Å². The van der Waals surface area contributed by atoms with Gasteiger partial charge in [0.25, 0.3) is 5.70 Å². The summed E-state index contributed by atoms with van der Waals surface area (Å²) in [5.74, 6) is -0.641. The highest BCUT2D eigenvalue weighted by molar-refractivity contribution is 8.24. The average Bonchev–Trinajstić information content (AvgIpc) is 2.90. The van der Waals surface area contributed by atoms with E-state index in [4.69, 9.17) is 11.3 Å². The first kappa shape index (κ1) is 15.6. The van der Waals surface area contributed by atoms with Gasteiger partial charge < -0.3 is 14.9 Å². The number of esters is 1. The van der Waals surface area contributed by atoms with Crippen molar-refractivity contribution in [1.29, 1.82) is 0 Å². The monoisotopic (exact) mass is 323 g/mol. The first-order valence-electron chi connectivity index (χ1n) is 6.28. The summed E-state index contributed by atoms with van der Waals surface area (Å²) in [6.07, 6.45) is 1.64. The molecule has 0 saturated carbocycles. The number of hydrogen-bond acceptors (Lipinski definition) is 6. The normalized spacial score (nSPS) is 12.7. The van der Waals surface area contributed by atoms with Crippen LogP contribution in [0.5, 0.6) is 11.5 Å². The zero-order valence-corrected chi connectivity index (χ0v) is 12.9. The fourth-order valence-electron chi connectivity index (χ4n) is 1.59. The van der Waals surface area contributed by atoms with E-state index in [1.54, 1.807) is 0 Å². The second-order valence-corrected chi connectivity index (χ2v) is 6.50. The van der Waals surface area contributed by atoms with Crippen molar-refractivity contribution in [3.8, 4) is 11.5 Å². The molecule has 110 valence electrons. The lowest BCUT2D eigenvalue weighted by molar-refractivity contribution is -0.138. The Bertz CT molecular complexity index is 616. The molecule has 1 aliphatic heterocycles. The van der Waals surface area contributed by atoms with E-state index in [0.29, 0.717) is 14.0 Å². The zero-order chi connectivity index (χ0) is 15.4. The number of phenolic OH excluding ortho intramolecular Hbond substituents is 2. The summed E-state index contributed by atoms with van der Waals surface area (Å²) in [5.41, 5.74) is -0.115. The summed E-state index contributed by atoms with van der Waals surface area (Å²) in [6.45, 7) is 9.42. The lowest BCUT2D eigenvalue weighted by Gasteiger charge is -2.04. The molecule has 0 unspecified atom stereocenters. The van der Waals surface area contributed by atoms with Crippen LogP contribution < -0.4 is 0 Å². The van der Waals surface area contributed by atoms with Crippen LogP contribution in [0.25, 0.3) is 4.85 Å². The van der Waals surface area contributed by atoms with Gasteiger partial charge in [0.1, 0.15) is 11.5 Å². The maximum atomic E-state index is 11.9. The first-order chi connectivity index (χ1) is 10.1. The molecule has 7 heteroatoms. The Morgan fingerprint density at radius 3 is 2.33 bits per heavy atom. The predicted octanol–water partition coefficient (Wildman–Crippen LogP) is 3.73. The van der Waals surface area contributed by atoms with Gasteiger partial charge in [0.15, 0.2) is 0 Å². The Morgan fingerprint density at radius 2 is 1.86 bits per heavy atom. The van der Waals surface area contributed by atoms with Crippen LogP contribution in [0.4, 0.5) is 0 Å². The summed E-state index contributed by atoms with van der Waals surface area (Å²) in [7, 11) is 0. The van der Waals surface area contributed by atoms with Crippen molar-refractivity contribution in [2.45, 2.75) is 29.6 Å². The average molecular weight is 323 g/mol. The molecule has 0 aliphatic carbocycles. The van der Waals surface area contributed by atoms with Gasteiger partial charge in [-0.05, 0) is 18.6 Å². The summed E-state index contributed by atoms with van der Waals surface area (Å²) in [5, 5.41) is 19.6. The summed E-state index contributed by atoms with van der Waals surface area (Å²) < 4.78 is 5.46. The summed E-state index contributed by atoms with van der Waals surface area (Å²) in [4.78, 5) is 16.1. The van der Waals surface area contributed by atoms with Gasteiger partial charge in [0.2, 0.25) is 0 Å². The van der Waals surface area contributed by atoms with Gasteiger partial charge >= 0.3 is 5.97 Å². The van der Waals surface area contributed by atoms with Crippen LogP contribution in [0.2, 0.25) is 0 Å². The van der Waals surface area contributed by atoms with Crippen molar-refractivity contribution in [2.24, 2.45) is 0 Å². The molecule has 21 heavy (non-hydrogen) atoms. The van der Waals surface area contributed by atoms with Crippen LogP contribution in [0, 0.1) is 6.57 Å². The molecule has 5 nitrogen and oxygen atoms in total. The Morgan fingerprint density at radius 1 is 1.29 bits per heavy atom. The van der Waals surface area contributed by atoms with E-state index in [2.05, 4.69) is 4.85 Å². The van der Waals surface area contributed by atoms with Gasteiger partial charge in [-0.1, -0.05) is 36.9 Å². The molecule has 0 amide bonds. The van der Waals surface area contributed by atoms with E-state index < -0.39 is 5.97 Å². The SMILES string of the molecule is [C-]#[N+]C(C(=O)OCCCC)=C1Sc2c(O)ccc(O)c2S1. The predicted molar refractivity (Wildman–Crippen MR) is 81.0 cm³/mol. The number of aromatic hydroxyl groups is 2. The molecular formula is C14H13NO4S2. The minimum Gasteiger partial charge on any atom is -0.507 e. The van der Waals surface area contributed by atoms with Crippen LogP contribution in [0.3, 0.4) is 0 Å². The number of thioether (sulfide) groups is 2. The molecule has 1 aromatic carbocycles. The standard InChI is InChI=1S/C14H13NO4S2/c1-3-4-7-19-13(18)10(15-2)14-20-11-8(16)5-6-9(17)12(11)21-14/h5-6,16-17H,3-4,7H2,1H3. The number of rotatable bonds is 4. The van der Waals surface area contributed by atoms with E-state index in [9.17, 15) is 15.0 Å². The number of ether oxygens (including phenoxy) is 1. The van der Waals surface area contributed by atoms with Crippen LogP contribution >= 0.6 is 23.5 Å². The molecule has 0 atom stereocenters. The van der Waals surface area contributed by atoms with Crippen molar-refractivity contribution in [2.75, 3.05) is 6.61 Å². The zero-order valence-electron chi connectivity index (χ0n) is 11.3. The molecule has 0 fully saturated rings. The van der Waals surface area contributed by atoms with Crippen molar-refractivity contribution in [3.63, 3.8) is 0 Å². The molecule has 2 N–H and O–H groups in total. The number of nitrogens with zero attached hydrogens (tertiary/aromatic N) is 1. The molecule has 0 spiro atoms. The van der Waals surface area contributed by atoms with E-state index in [0.717, 1.165) is 36.4 Å². The molecule has 2 rings (SSSR count). The van der Waals surface area contributed by atoms with Crippen molar-refractivity contribution in [1.82, 2.24) is 0 Å². The number of benzene rings is 1. The van der Waals surface area contributed by atoms with Gasteiger partial charge in [-0.25, -0.2) is 4.85 Å². The van der Waals surface area contributed by atoms with Crippen LogP contribution in [-0.2, 0) is 9.53 Å². The number of fused-ring (bicyclic) bond motifs is 1. The topological polar surface area (TPSA) is 71.1 Å². The maximum absolute atomic E-state index is 11.9. The molecule has 0 bridgehead atoms. The Kier molecular flexibility index (Phi) is 5.04. The second kappa shape index (κ2) is 6.78. The van der Waals surface area contributed by atoms with Crippen molar-refractivity contribution < 1.29 is 19.7 Å². The minimum atomic E-state index is -0.666. The third-order valence-electron chi connectivity index (χ3n) is 2.69. The van der Waals surface area contributed by atoms with Gasteiger partial charge in [0, 0.05) is 0 Å². The maximum Gasteiger partial charge on any atom is 0.338 e. The highest BCUT2D eigenvalue weighted by atomic mass is 32.2. The molecule has 1 aromatic rings. The molecule has 0 saturated heterocycles. The Labute approximate surface area is 130 Å². The van der Waals surface area contributed by atoms with E-state index >= 15 is 0 Å². The molecule has 0 aromatic heterocycles. The number of phenols is 2. The Balaban J connectivity index is 2.25. The largest absolute Gasteiger partial charge is 0.507 e. The van der Waals surface area contributed by atoms with Crippen LogP contribution in [0.1, 0.15) is 19.8 Å². The lowest BCUT2D eigenvalue weighted by Crippen LogP contribution is -2.07. The van der Waals surface area contributed by atoms with E-state index in [-0.39, 0.29) is 23.8 Å². The van der Waals surface area contributed by atoms with Crippen molar-refractivity contribution >= 4 is 29.5 Å². The van der Waals surface area contributed by atoms with Gasteiger partial charge in [-0.3, -0.25) is 4.79 Å². The quantitative estimate of drug-likeness (QED) is 0.289. The van der Waals surface area contributed by atoms with E-state index in [1.807, 2.05) is 6.92 Å². The van der Waals surface area contributed by atoms with Gasteiger partial charge in [0.05, 0.1) is 27.2 Å². The second-order valence-electron chi connectivity index (χ2n) is 4.20. The van der Waals surface area contributed by atoms with Gasteiger partial charge in [-0.2, -0.15) is 0 Å². The summed E-state index contributed by atoms with van der Waals surface area (Å²) >= 11 is 2.19.